The van der Waals surface area contributed by atoms with Crippen molar-refractivity contribution in [1.82, 2.24) is 9.13 Å². The van der Waals surface area contributed by atoms with Gasteiger partial charge in [-0.1, -0.05) is 18.5 Å². The highest BCUT2D eigenvalue weighted by Gasteiger charge is 2.17. The molecule has 0 N–H and O–H groups in total. The van der Waals surface area contributed by atoms with Crippen LogP contribution < -0.4 is 16.0 Å². The van der Waals surface area contributed by atoms with Gasteiger partial charge in [-0.2, -0.15) is 5.26 Å². The van der Waals surface area contributed by atoms with E-state index in [-0.39, 0.29) is 11.4 Å². The van der Waals surface area contributed by atoms with Crippen molar-refractivity contribution in [2.45, 2.75) is 13.3 Å². The van der Waals surface area contributed by atoms with Crippen LogP contribution in [0, 0.1) is 11.3 Å². The largest absolute Gasteiger partial charge is 0.439 e. The molecule has 0 atom stereocenters. The van der Waals surface area contributed by atoms with Crippen LogP contribution >= 0.6 is 11.6 Å². The minimum Gasteiger partial charge on any atom is -0.439 e. The molecule has 0 spiro atoms. The van der Waals surface area contributed by atoms with E-state index >= 15 is 0 Å². The molecule has 114 valence electrons. The topological polar surface area (TPSA) is 77.0 Å². The zero-order chi connectivity index (χ0) is 16.4. The Balaban J connectivity index is 2.62. The highest BCUT2D eigenvalue weighted by Crippen LogP contribution is 2.26. The summed E-state index contributed by atoms with van der Waals surface area (Å²) in [4.78, 5) is 23.9. The summed E-state index contributed by atoms with van der Waals surface area (Å²) in [7, 11) is 2.75. The fourth-order valence-corrected chi connectivity index (χ4v) is 2.29. The van der Waals surface area contributed by atoms with Crippen molar-refractivity contribution in [2.75, 3.05) is 0 Å². The normalized spacial score (nSPS) is 10.3. The lowest BCUT2D eigenvalue weighted by atomic mass is 10.1. The minimum absolute atomic E-state index is 0.0834. The number of aromatic nitrogens is 2. The lowest BCUT2D eigenvalue weighted by molar-refractivity contribution is 0.421. The molecular formula is C15H14ClN3O3. The van der Waals surface area contributed by atoms with E-state index in [0.29, 0.717) is 17.2 Å². The number of hydrogen-bond donors (Lipinski definition) is 0. The van der Waals surface area contributed by atoms with Crippen LogP contribution in [0.4, 0.5) is 0 Å². The first kappa shape index (κ1) is 15.9. The highest BCUT2D eigenvalue weighted by molar-refractivity contribution is 6.31. The first-order valence-corrected chi connectivity index (χ1v) is 6.94. The molecule has 0 aliphatic heterocycles. The van der Waals surface area contributed by atoms with Crippen molar-refractivity contribution >= 4 is 11.6 Å². The molecule has 1 heterocycles. The van der Waals surface area contributed by atoms with Crippen LogP contribution in [0.1, 0.15) is 18.1 Å². The zero-order valence-corrected chi connectivity index (χ0v) is 13.1. The maximum atomic E-state index is 12.0. The van der Waals surface area contributed by atoms with Gasteiger partial charge in [-0.3, -0.25) is 13.9 Å². The Morgan fingerprint density at radius 1 is 1.27 bits per heavy atom. The smallest absolute Gasteiger partial charge is 0.333 e. The molecule has 6 nitrogen and oxygen atoms in total. The van der Waals surface area contributed by atoms with E-state index < -0.39 is 11.2 Å². The second-order valence-corrected chi connectivity index (χ2v) is 5.11. The molecule has 2 aromatic rings. The fraction of sp³-hybridized carbons (Fsp3) is 0.267. The number of nitrogens with zero attached hydrogens (tertiary/aromatic N) is 3. The summed E-state index contributed by atoms with van der Waals surface area (Å²) in [5.41, 5.74) is -0.613. The molecule has 0 radical (unpaired) electrons. The third-order valence-corrected chi connectivity index (χ3v) is 3.70. The molecule has 1 aromatic heterocycles. The van der Waals surface area contributed by atoms with E-state index in [9.17, 15) is 14.9 Å². The lowest BCUT2D eigenvalue weighted by Crippen LogP contribution is -2.38. The average molecular weight is 320 g/mol. The van der Waals surface area contributed by atoms with Gasteiger partial charge in [-0.05, 0) is 30.2 Å². The Morgan fingerprint density at radius 3 is 2.55 bits per heavy atom. The van der Waals surface area contributed by atoms with Crippen LogP contribution in [0.3, 0.4) is 0 Å². The van der Waals surface area contributed by atoms with E-state index in [2.05, 4.69) is 0 Å². The molecule has 0 unspecified atom stereocenters. The predicted octanol–water partition coefficient (Wildman–Crippen LogP) is 1.96. The SMILES string of the molecule is CCc1cc(Oc2c(C#N)c(=O)n(C)c(=O)n2C)ccc1Cl. The molecule has 0 saturated carbocycles. The van der Waals surface area contributed by atoms with Gasteiger partial charge in [-0.15, -0.1) is 0 Å². The van der Waals surface area contributed by atoms with Crippen LogP contribution in [0.25, 0.3) is 0 Å². The molecular weight excluding hydrogens is 306 g/mol. The fourth-order valence-electron chi connectivity index (χ4n) is 2.04. The van der Waals surface area contributed by atoms with Gasteiger partial charge in [0.2, 0.25) is 5.88 Å². The minimum atomic E-state index is -0.690. The van der Waals surface area contributed by atoms with Crippen LogP contribution in [0.5, 0.6) is 11.6 Å². The summed E-state index contributed by atoms with van der Waals surface area (Å²) in [6.45, 7) is 1.94. The predicted molar refractivity (Wildman–Crippen MR) is 82.5 cm³/mol. The van der Waals surface area contributed by atoms with Crippen molar-refractivity contribution in [3.63, 3.8) is 0 Å². The Bertz CT molecular complexity index is 891. The molecule has 1 aromatic carbocycles. The van der Waals surface area contributed by atoms with E-state index in [0.717, 1.165) is 14.7 Å². The average Bonchev–Trinajstić information content (AvgIpc) is 2.52. The molecule has 0 amide bonds. The number of ether oxygens (including phenoxy) is 1. The standard InChI is InChI=1S/C15H14ClN3O3/c1-4-9-7-10(5-6-12(9)16)22-14-11(8-17)13(20)18(2)15(21)19(14)3/h5-7H,4H2,1-3H3. The first-order valence-electron chi connectivity index (χ1n) is 6.57. The number of hydrogen-bond acceptors (Lipinski definition) is 4. The van der Waals surface area contributed by atoms with Gasteiger partial charge in [0.1, 0.15) is 11.8 Å². The number of aryl methyl sites for hydroxylation is 1. The van der Waals surface area contributed by atoms with Crippen molar-refractivity contribution in [1.29, 1.82) is 5.26 Å². The summed E-state index contributed by atoms with van der Waals surface area (Å²) in [6, 6.07) is 6.79. The Morgan fingerprint density at radius 2 is 1.95 bits per heavy atom. The second kappa shape index (κ2) is 6.08. The van der Waals surface area contributed by atoms with Gasteiger partial charge in [0.05, 0.1) is 0 Å². The zero-order valence-electron chi connectivity index (χ0n) is 12.4. The van der Waals surface area contributed by atoms with Crippen LogP contribution in [-0.2, 0) is 20.5 Å². The number of rotatable bonds is 3. The quantitative estimate of drug-likeness (QED) is 0.866. The summed E-state index contributed by atoms with van der Waals surface area (Å²) >= 11 is 6.04. The summed E-state index contributed by atoms with van der Waals surface area (Å²) in [6.07, 6.45) is 0.705. The summed E-state index contributed by atoms with van der Waals surface area (Å²) in [5.74, 6) is 0.320. The molecule has 22 heavy (non-hydrogen) atoms. The Hall–Kier alpha value is -2.52. The van der Waals surface area contributed by atoms with E-state index in [1.165, 1.54) is 14.1 Å². The number of benzene rings is 1. The second-order valence-electron chi connectivity index (χ2n) is 4.71. The van der Waals surface area contributed by atoms with E-state index in [1.807, 2.05) is 6.92 Å². The van der Waals surface area contributed by atoms with Crippen LogP contribution in [0.15, 0.2) is 27.8 Å². The molecule has 0 aliphatic carbocycles. The molecule has 0 fully saturated rings. The monoisotopic (exact) mass is 319 g/mol. The van der Waals surface area contributed by atoms with Gasteiger partial charge in [-0.25, -0.2) is 4.79 Å². The maximum Gasteiger partial charge on any atom is 0.333 e. The molecule has 7 heteroatoms. The van der Waals surface area contributed by atoms with Gasteiger partial charge < -0.3 is 4.74 Å². The Kier molecular flexibility index (Phi) is 4.38. The molecule has 2 rings (SSSR count). The van der Waals surface area contributed by atoms with Gasteiger partial charge in [0.25, 0.3) is 5.56 Å². The van der Waals surface area contributed by atoms with Crippen LogP contribution in [-0.4, -0.2) is 9.13 Å². The van der Waals surface area contributed by atoms with Crippen molar-refractivity contribution in [2.24, 2.45) is 14.1 Å². The Labute approximate surface area is 131 Å². The summed E-state index contributed by atoms with van der Waals surface area (Å²) in [5, 5.41) is 9.79. The van der Waals surface area contributed by atoms with E-state index in [1.54, 1.807) is 24.3 Å². The molecule has 0 bridgehead atoms. The third-order valence-electron chi connectivity index (χ3n) is 3.34. The lowest BCUT2D eigenvalue weighted by Gasteiger charge is -2.13. The highest BCUT2D eigenvalue weighted by atomic mass is 35.5. The first-order chi connectivity index (χ1) is 10.4. The van der Waals surface area contributed by atoms with Crippen molar-refractivity contribution in [3.8, 4) is 17.7 Å². The van der Waals surface area contributed by atoms with Crippen LogP contribution in [0.2, 0.25) is 5.02 Å². The number of nitriles is 1. The van der Waals surface area contributed by atoms with Crippen molar-refractivity contribution < 1.29 is 4.74 Å². The van der Waals surface area contributed by atoms with Gasteiger partial charge in [0.15, 0.2) is 5.56 Å². The summed E-state index contributed by atoms with van der Waals surface area (Å²) < 4.78 is 7.60. The van der Waals surface area contributed by atoms with Gasteiger partial charge >= 0.3 is 5.69 Å². The van der Waals surface area contributed by atoms with Gasteiger partial charge in [0, 0.05) is 19.1 Å². The molecule has 0 aliphatic rings. The third kappa shape index (κ3) is 2.63. The maximum absolute atomic E-state index is 12.0. The number of halogens is 1. The molecule has 0 saturated heterocycles. The van der Waals surface area contributed by atoms with Crippen molar-refractivity contribution in [3.05, 3.63) is 55.2 Å². The van der Waals surface area contributed by atoms with E-state index in [4.69, 9.17) is 16.3 Å².